The van der Waals surface area contributed by atoms with E-state index in [-0.39, 0.29) is 11.7 Å². The SMILES string of the molecule is COc1cc(-c2nc3c4ccccc4nc(N[C@@H]4CNCCNC4=O)n3n2)ccc1O. The van der Waals surface area contributed by atoms with Crippen molar-refractivity contribution in [1.29, 1.82) is 0 Å². The van der Waals surface area contributed by atoms with Gasteiger partial charge in [0.15, 0.2) is 23.0 Å². The van der Waals surface area contributed by atoms with Crippen LogP contribution >= 0.6 is 0 Å². The third kappa shape index (κ3) is 3.46. The molecule has 5 rings (SSSR count). The Labute approximate surface area is 177 Å². The molecule has 0 radical (unpaired) electrons. The molecule has 0 bridgehead atoms. The lowest BCUT2D eigenvalue weighted by Crippen LogP contribution is -2.42. The number of phenols is 1. The minimum Gasteiger partial charge on any atom is -0.504 e. The summed E-state index contributed by atoms with van der Waals surface area (Å²) in [5.41, 5.74) is 2.03. The second kappa shape index (κ2) is 7.73. The van der Waals surface area contributed by atoms with Crippen molar-refractivity contribution in [3.05, 3.63) is 42.5 Å². The molecule has 0 unspecified atom stereocenters. The molecule has 2 aromatic carbocycles. The molecule has 31 heavy (non-hydrogen) atoms. The van der Waals surface area contributed by atoms with Crippen LogP contribution in [-0.4, -0.2) is 63.4 Å². The third-order valence-electron chi connectivity index (χ3n) is 5.19. The van der Waals surface area contributed by atoms with Crippen LogP contribution in [0.2, 0.25) is 0 Å². The van der Waals surface area contributed by atoms with Crippen LogP contribution in [0.3, 0.4) is 0 Å². The van der Waals surface area contributed by atoms with E-state index in [0.717, 1.165) is 10.9 Å². The number of hydrogen-bond acceptors (Lipinski definition) is 8. The molecule has 10 nitrogen and oxygen atoms in total. The van der Waals surface area contributed by atoms with Gasteiger partial charge in [0.25, 0.3) is 0 Å². The summed E-state index contributed by atoms with van der Waals surface area (Å²) >= 11 is 0. The Kier molecular flexibility index (Phi) is 4.75. The fraction of sp³-hybridized carbons (Fsp3) is 0.238. The molecule has 158 valence electrons. The Morgan fingerprint density at radius 2 is 2.06 bits per heavy atom. The molecule has 1 fully saturated rings. The van der Waals surface area contributed by atoms with Gasteiger partial charge >= 0.3 is 0 Å². The van der Waals surface area contributed by atoms with Gasteiger partial charge in [-0.05, 0) is 30.3 Å². The number of anilines is 1. The maximum atomic E-state index is 12.4. The molecule has 2 aromatic heterocycles. The number of methoxy groups -OCH3 is 1. The number of ether oxygens (including phenoxy) is 1. The lowest BCUT2D eigenvalue weighted by molar-refractivity contribution is -0.121. The minimum absolute atomic E-state index is 0.0383. The second-order valence-electron chi connectivity index (χ2n) is 7.20. The van der Waals surface area contributed by atoms with E-state index in [4.69, 9.17) is 14.7 Å². The Bertz CT molecular complexity index is 1290. The van der Waals surface area contributed by atoms with Crippen LogP contribution in [-0.2, 0) is 4.79 Å². The van der Waals surface area contributed by atoms with Gasteiger partial charge in [-0.3, -0.25) is 4.79 Å². The van der Waals surface area contributed by atoms with E-state index in [1.807, 2.05) is 24.3 Å². The number of para-hydroxylation sites is 1. The van der Waals surface area contributed by atoms with Crippen LogP contribution in [0.1, 0.15) is 0 Å². The number of carbonyl (C=O) groups is 1. The van der Waals surface area contributed by atoms with Crippen LogP contribution in [0.15, 0.2) is 42.5 Å². The average Bonchev–Trinajstić information content (AvgIpc) is 3.14. The summed E-state index contributed by atoms with van der Waals surface area (Å²) in [6.45, 7) is 1.76. The minimum atomic E-state index is -0.499. The van der Waals surface area contributed by atoms with Crippen LogP contribution in [0.25, 0.3) is 27.9 Å². The molecule has 1 aliphatic rings. The number of hydrogen-bond donors (Lipinski definition) is 4. The fourth-order valence-corrected chi connectivity index (χ4v) is 3.60. The van der Waals surface area contributed by atoms with Crippen LogP contribution in [0.5, 0.6) is 11.5 Å². The van der Waals surface area contributed by atoms with Gasteiger partial charge in [0, 0.05) is 30.6 Å². The van der Waals surface area contributed by atoms with Crippen LogP contribution < -0.4 is 20.7 Å². The first-order chi connectivity index (χ1) is 15.1. The summed E-state index contributed by atoms with van der Waals surface area (Å²) in [5, 5.41) is 24.7. The zero-order valence-electron chi connectivity index (χ0n) is 16.8. The predicted octanol–water partition coefficient (Wildman–Crippen LogP) is 1.16. The van der Waals surface area contributed by atoms with E-state index in [1.54, 1.807) is 16.6 Å². The molecule has 1 atom stereocenters. The number of amides is 1. The quantitative estimate of drug-likeness (QED) is 0.388. The summed E-state index contributed by atoms with van der Waals surface area (Å²) in [6.07, 6.45) is 0. The summed E-state index contributed by atoms with van der Waals surface area (Å²) in [5.74, 6) is 1.14. The van der Waals surface area contributed by atoms with E-state index in [0.29, 0.717) is 48.4 Å². The Hall–Kier alpha value is -3.92. The number of benzene rings is 2. The Balaban J connectivity index is 1.65. The van der Waals surface area contributed by atoms with Gasteiger partial charge in [-0.1, -0.05) is 12.1 Å². The van der Waals surface area contributed by atoms with E-state index in [9.17, 15) is 9.90 Å². The highest BCUT2D eigenvalue weighted by molar-refractivity contribution is 5.93. The van der Waals surface area contributed by atoms with Crippen molar-refractivity contribution in [2.45, 2.75) is 6.04 Å². The number of nitrogens with one attached hydrogen (secondary N) is 3. The van der Waals surface area contributed by atoms with Crippen molar-refractivity contribution < 1.29 is 14.6 Å². The molecule has 1 amide bonds. The van der Waals surface area contributed by atoms with Gasteiger partial charge in [0.1, 0.15) is 6.04 Å². The molecule has 3 heterocycles. The maximum absolute atomic E-state index is 12.4. The van der Waals surface area contributed by atoms with Crippen molar-refractivity contribution in [2.24, 2.45) is 0 Å². The van der Waals surface area contributed by atoms with Gasteiger partial charge in [-0.2, -0.15) is 4.52 Å². The summed E-state index contributed by atoms with van der Waals surface area (Å²) in [7, 11) is 1.49. The van der Waals surface area contributed by atoms with Gasteiger partial charge < -0.3 is 25.8 Å². The average molecular weight is 419 g/mol. The van der Waals surface area contributed by atoms with E-state index in [2.05, 4.69) is 21.0 Å². The topological polar surface area (TPSA) is 126 Å². The summed E-state index contributed by atoms with van der Waals surface area (Å²) in [4.78, 5) is 21.8. The molecule has 4 N–H and O–H groups in total. The fourth-order valence-electron chi connectivity index (χ4n) is 3.60. The Morgan fingerprint density at radius 3 is 2.94 bits per heavy atom. The molecule has 1 saturated heterocycles. The molecule has 0 saturated carbocycles. The number of phenolic OH excluding ortho intramolecular Hbond substituents is 1. The van der Waals surface area contributed by atoms with Gasteiger partial charge in [0.05, 0.1) is 12.6 Å². The first kappa shape index (κ1) is 19.1. The monoisotopic (exact) mass is 419 g/mol. The predicted molar refractivity (Wildman–Crippen MR) is 115 cm³/mol. The molecule has 10 heteroatoms. The van der Waals surface area contributed by atoms with E-state index >= 15 is 0 Å². The molecule has 0 spiro atoms. The maximum Gasteiger partial charge on any atom is 0.243 e. The number of aromatic hydroxyl groups is 1. The summed E-state index contributed by atoms with van der Waals surface area (Å²) < 4.78 is 6.82. The van der Waals surface area contributed by atoms with Crippen molar-refractivity contribution in [2.75, 3.05) is 32.1 Å². The number of nitrogens with zero attached hydrogens (tertiary/aromatic N) is 4. The zero-order chi connectivity index (χ0) is 21.4. The molecule has 0 aliphatic carbocycles. The highest BCUT2D eigenvalue weighted by Crippen LogP contribution is 2.31. The number of rotatable bonds is 4. The lowest BCUT2D eigenvalue weighted by Gasteiger charge is -2.16. The van der Waals surface area contributed by atoms with Gasteiger partial charge in [-0.15, -0.1) is 5.10 Å². The van der Waals surface area contributed by atoms with Crippen molar-refractivity contribution >= 4 is 28.4 Å². The number of carbonyl (C=O) groups excluding carboxylic acids is 1. The van der Waals surface area contributed by atoms with E-state index in [1.165, 1.54) is 13.2 Å². The largest absolute Gasteiger partial charge is 0.504 e. The molecule has 1 aliphatic heterocycles. The molecular formula is C21H21N7O3. The highest BCUT2D eigenvalue weighted by atomic mass is 16.5. The molecular weight excluding hydrogens is 398 g/mol. The van der Waals surface area contributed by atoms with Crippen molar-refractivity contribution in [3.8, 4) is 22.9 Å². The summed E-state index contributed by atoms with van der Waals surface area (Å²) in [6, 6.07) is 12.1. The first-order valence-corrected chi connectivity index (χ1v) is 9.92. The third-order valence-corrected chi connectivity index (χ3v) is 5.19. The van der Waals surface area contributed by atoms with Crippen molar-refractivity contribution in [1.82, 2.24) is 30.2 Å². The lowest BCUT2D eigenvalue weighted by atomic mass is 10.2. The van der Waals surface area contributed by atoms with Gasteiger partial charge in [-0.25, -0.2) is 9.97 Å². The van der Waals surface area contributed by atoms with Crippen LogP contribution in [0.4, 0.5) is 5.95 Å². The van der Waals surface area contributed by atoms with E-state index < -0.39 is 6.04 Å². The normalized spacial score (nSPS) is 16.8. The van der Waals surface area contributed by atoms with Crippen molar-refractivity contribution in [3.63, 3.8) is 0 Å². The molecule has 4 aromatic rings. The second-order valence-corrected chi connectivity index (χ2v) is 7.20. The zero-order valence-corrected chi connectivity index (χ0v) is 16.8. The number of fused-ring (bicyclic) bond motifs is 3. The standard InChI is InChI=1S/C21H21N7O3/c1-31-17-10-12(6-7-16(17)29)18-26-19-13-4-2-3-5-14(13)24-21(28(19)27-18)25-15-11-22-8-9-23-20(15)30/h2-7,10,15,22,29H,8-9,11H2,1H3,(H,23,30)(H,24,25)/t15-/m1/s1. The highest BCUT2D eigenvalue weighted by Gasteiger charge is 2.23. The smallest absolute Gasteiger partial charge is 0.243 e. The Morgan fingerprint density at radius 1 is 1.19 bits per heavy atom. The number of aromatic nitrogens is 4. The van der Waals surface area contributed by atoms with Crippen LogP contribution in [0, 0.1) is 0 Å². The van der Waals surface area contributed by atoms with Gasteiger partial charge in [0.2, 0.25) is 11.9 Å². The first-order valence-electron chi connectivity index (χ1n) is 9.92.